The molecule has 2 aromatic rings. The maximum Gasteiger partial charge on any atom is 0.228 e. The van der Waals surface area contributed by atoms with E-state index in [1.165, 1.54) is 0 Å². The van der Waals surface area contributed by atoms with Crippen molar-refractivity contribution in [2.45, 2.75) is 13.0 Å². The Morgan fingerprint density at radius 2 is 1.72 bits per heavy atom. The van der Waals surface area contributed by atoms with Gasteiger partial charge in [0.1, 0.15) is 5.75 Å². The van der Waals surface area contributed by atoms with Gasteiger partial charge in [0.05, 0.1) is 27.2 Å². The number of carbonyl (C=O) groups excluding carboxylic acids is 2. The summed E-state index contributed by atoms with van der Waals surface area (Å²) >= 11 is 0. The third-order valence-electron chi connectivity index (χ3n) is 5.10. The van der Waals surface area contributed by atoms with Crippen molar-refractivity contribution >= 4 is 17.5 Å². The summed E-state index contributed by atoms with van der Waals surface area (Å²) in [6.07, 6.45) is 0.209. The molecule has 2 amide bonds. The van der Waals surface area contributed by atoms with Crippen LogP contribution in [0.4, 0.5) is 5.69 Å². The average molecular weight is 398 g/mol. The molecule has 0 aromatic heterocycles. The van der Waals surface area contributed by atoms with E-state index in [2.05, 4.69) is 0 Å². The third kappa shape index (κ3) is 4.45. The molecule has 0 aliphatic carbocycles. The molecular weight excluding hydrogens is 372 g/mol. The zero-order chi connectivity index (χ0) is 21.0. The highest BCUT2D eigenvalue weighted by Gasteiger charge is 2.36. The highest BCUT2D eigenvalue weighted by atomic mass is 16.5. The molecule has 1 saturated heterocycles. The van der Waals surface area contributed by atoms with Gasteiger partial charge in [-0.1, -0.05) is 6.07 Å². The van der Waals surface area contributed by atoms with Crippen molar-refractivity contribution < 1.29 is 23.8 Å². The van der Waals surface area contributed by atoms with E-state index in [1.54, 1.807) is 50.3 Å². The second-order valence-corrected chi connectivity index (χ2v) is 6.99. The Morgan fingerprint density at radius 3 is 2.34 bits per heavy atom. The number of nitrogens with zero attached hydrogens (tertiary/aromatic N) is 2. The zero-order valence-electron chi connectivity index (χ0n) is 17.2. The van der Waals surface area contributed by atoms with E-state index >= 15 is 0 Å². The maximum absolute atomic E-state index is 12.9. The second kappa shape index (κ2) is 8.86. The molecule has 0 saturated carbocycles. The summed E-state index contributed by atoms with van der Waals surface area (Å²) in [4.78, 5) is 28.7. The normalized spacial score (nSPS) is 15.9. The quantitative estimate of drug-likeness (QED) is 0.717. The van der Waals surface area contributed by atoms with E-state index in [9.17, 15) is 9.59 Å². The number of carbonyl (C=O) groups is 2. The Bertz CT molecular complexity index is 881. The van der Waals surface area contributed by atoms with Crippen LogP contribution in [0.25, 0.3) is 0 Å². The summed E-state index contributed by atoms with van der Waals surface area (Å²) in [5.74, 6) is 1.52. The van der Waals surface area contributed by atoms with Crippen LogP contribution in [0.2, 0.25) is 0 Å². The van der Waals surface area contributed by atoms with E-state index in [0.29, 0.717) is 24.6 Å². The largest absolute Gasteiger partial charge is 0.497 e. The van der Waals surface area contributed by atoms with Gasteiger partial charge in [-0.15, -0.1) is 0 Å². The molecule has 1 aliphatic rings. The Balaban J connectivity index is 1.66. The predicted octanol–water partition coefficient (Wildman–Crippen LogP) is 2.72. The van der Waals surface area contributed by atoms with Gasteiger partial charge in [-0.05, 0) is 42.0 Å². The van der Waals surface area contributed by atoms with Crippen LogP contribution in [-0.2, 0) is 16.1 Å². The van der Waals surface area contributed by atoms with Crippen molar-refractivity contribution in [2.75, 3.05) is 39.8 Å². The Hall–Kier alpha value is -3.22. The Labute approximate surface area is 170 Å². The lowest BCUT2D eigenvalue weighted by Crippen LogP contribution is -2.34. The van der Waals surface area contributed by atoms with E-state index in [4.69, 9.17) is 14.2 Å². The van der Waals surface area contributed by atoms with Crippen LogP contribution in [-0.4, -0.2) is 51.6 Å². The van der Waals surface area contributed by atoms with Crippen LogP contribution in [0, 0.1) is 5.92 Å². The minimum absolute atomic E-state index is 0.0481. The highest BCUT2D eigenvalue weighted by Crippen LogP contribution is 2.30. The lowest BCUT2D eigenvalue weighted by molar-refractivity contribution is -0.135. The van der Waals surface area contributed by atoms with Gasteiger partial charge in [0.15, 0.2) is 11.5 Å². The minimum Gasteiger partial charge on any atom is -0.497 e. The number of hydrogen-bond acceptors (Lipinski definition) is 5. The number of benzene rings is 2. The van der Waals surface area contributed by atoms with E-state index in [-0.39, 0.29) is 24.2 Å². The molecule has 2 aromatic carbocycles. The molecular formula is C22H26N2O5. The fraction of sp³-hybridized carbons (Fsp3) is 0.364. The molecule has 7 nitrogen and oxygen atoms in total. The summed E-state index contributed by atoms with van der Waals surface area (Å²) in [7, 11) is 6.51. The molecule has 1 fully saturated rings. The molecule has 3 rings (SSSR count). The number of ether oxygens (including phenoxy) is 3. The molecule has 0 spiro atoms. The summed E-state index contributed by atoms with van der Waals surface area (Å²) < 4.78 is 15.7. The first-order valence-corrected chi connectivity index (χ1v) is 9.37. The van der Waals surface area contributed by atoms with Crippen molar-refractivity contribution in [1.29, 1.82) is 0 Å². The van der Waals surface area contributed by atoms with Crippen LogP contribution in [0.3, 0.4) is 0 Å². The predicted molar refractivity (Wildman–Crippen MR) is 109 cm³/mol. The van der Waals surface area contributed by atoms with Gasteiger partial charge in [0.2, 0.25) is 11.8 Å². The van der Waals surface area contributed by atoms with Gasteiger partial charge >= 0.3 is 0 Å². The molecule has 0 N–H and O–H groups in total. The molecule has 7 heteroatoms. The third-order valence-corrected chi connectivity index (χ3v) is 5.10. The lowest BCUT2D eigenvalue weighted by Gasteiger charge is -2.22. The minimum atomic E-state index is -0.366. The highest BCUT2D eigenvalue weighted by molar-refractivity contribution is 6.00. The van der Waals surface area contributed by atoms with E-state index < -0.39 is 0 Å². The van der Waals surface area contributed by atoms with Crippen LogP contribution in [0.1, 0.15) is 12.0 Å². The van der Waals surface area contributed by atoms with Gasteiger partial charge in [-0.2, -0.15) is 0 Å². The zero-order valence-corrected chi connectivity index (χ0v) is 17.2. The van der Waals surface area contributed by atoms with Crippen LogP contribution in [0.5, 0.6) is 17.2 Å². The van der Waals surface area contributed by atoms with Crippen molar-refractivity contribution in [3.05, 3.63) is 48.0 Å². The van der Waals surface area contributed by atoms with Crippen LogP contribution < -0.4 is 19.1 Å². The molecule has 0 unspecified atom stereocenters. The number of hydrogen-bond donors (Lipinski definition) is 0. The first-order valence-electron chi connectivity index (χ1n) is 9.37. The molecule has 1 atom stereocenters. The molecule has 154 valence electrons. The maximum atomic E-state index is 12.9. The van der Waals surface area contributed by atoms with E-state index in [0.717, 1.165) is 17.0 Å². The first-order chi connectivity index (χ1) is 14.0. The fourth-order valence-electron chi connectivity index (χ4n) is 3.53. The summed E-state index contributed by atoms with van der Waals surface area (Å²) in [6.45, 7) is 0.798. The summed E-state index contributed by atoms with van der Waals surface area (Å²) in [5.41, 5.74) is 1.70. The van der Waals surface area contributed by atoms with E-state index in [1.807, 2.05) is 30.3 Å². The van der Waals surface area contributed by atoms with Crippen LogP contribution in [0.15, 0.2) is 42.5 Å². The Kier molecular flexibility index (Phi) is 6.26. The summed E-state index contributed by atoms with van der Waals surface area (Å²) in [5, 5.41) is 0. The van der Waals surface area contributed by atoms with Crippen molar-refractivity contribution in [1.82, 2.24) is 4.90 Å². The van der Waals surface area contributed by atoms with Gasteiger partial charge in [0, 0.05) is 32.2 Å². The number of methoxy groups -OCH3 is 3. The van der Waals surface area contributed by atoms with Crippen molar-refractivity contribution in [3.8, 4) is 17.2 Å². The Morgan fingerprint density at radius 1 is 1.03 bits per heavy atom. The van der Waals surface area contributed by atoms with Gasteiger partial charge in [0.25, 0.3) is 0 Å². The molecule has 0 radical (unpaired) electrons. The van der Waals surface area contributed by atoms with Crippen molar-refractivity contribution in [2.24, 2.45) is 5.92 Å². The smallest absolute Gasteiger partial charge is 0.228 e. The van der Waals surface area contributed by atoms with Crippen LogP contribution >= 0.6 is 0 Å². The molecule has 1 heterocycles. The molecule has 1 aliphatic heterocycles. The standard InChI is InChI=1S/C22H26N2O5/c1-23(13-15-5-10-19(28-3)20(11-15)29-4)22(26)16-12-21(25)24(14-16)17-6-8-18(27-2)9-7-17/h5-11,16H,12-14H2,1-4H3/t16-/m1/s1. The first kappa shape index (κ1) is 20.5. The number of amides is 2. The monoisotopic (exact) mass is 398 g/mol. The summed E-state index contributed by atoms with van der Waals surface area (Å²) in [6, 6.07) is 12.8. The van der Waals surface area contributed by atoms with Crippen molar-refractivity contribution in [3.63, 3.8) is 0 Å². The van der Waals surface area contributed by atoms with Gasteiger partial charge in [-0.3, -0.25) is 9.59 Å². The average Bonchev–Trinajstić information content (AvgIpc) is 3.14. The molecule has 0 bridgehead atoms. The van der Waals surface area contributed by atoms with Gasteiger partial charge < -0.3 is 24.0 Å². The number of rotatable bonds is 7. The SMILES string of the molecule is COc1ccc(N2C[C@H](C(=O)N(C)Cc3ccc(OC)c(OC)c3)CC2=O)cc1. The topological polar surface area (TPSA) is 68.3 Å². The number of anilines is 1. The van der Waals surface area contributed by atoms with Gasteiger partial charge in [-0.25, -0.2) is 0 Å². The molecule has 29 heavy (non-hydrogen) atoms. The fourth-order valence-corrected chi connectivity index (χ4v) is 3.53. The second-order valence-electron chi connectivity index (χ2n) is 6.99. The lowest BCUT2D eigenvalue weighted by atomic mass is 10.1.